The van der Waals surface area contributed by atoms with Crippen molar-refractivity contribution in [1.82, 2.24) is 9.78 Å². The molecule has 13 heavy (non-hydrogen) atoms. The highest BCUT2D eigenvalue weighted by Gasteiger charge is 2.03. The number of nitriles is 1. The van der Waals surface area contributed by atoms with Crippen LogP contribution in [0.5, 0.6) is 0 Å². The number of hydrogen-bond donors (Lipinski definition) is 1. The molecule has 1 heterocycles. The number of carbonyl (C=O) groups is 1. The first kappa shape index (κ1) is 9.00. The number of carboxylic acids is 1. The molecule has 0 atom stereocenters. The van der Waals surface area contributed by atoms with E-state index in [0.29, 0.717) is 11.3 Å². The van der Waals surface area contributed by atoms with Gasteiger partial charge in [0.05, 0.1) is 6.20 Å². The quantitative estimate of drug-likeness (QED) is 0.662. The van der Waals surface area contributed by atoms with Gasteiger partial charge in [0.2, 0.25) is 0 Å². The van der Waals surface area contributed by atoms with Crippen molar-refractivity contribution in [2.24, 2.45) is 7.05 Å². The van der Waals surface area contributed by atoms with E-state index in [1.165, 1.54) is 17.0 Å². The van der Waals surface area contributed by atoms with Gasteiger partial charge >= 0.3 is 5.97 Å². The third-order valence-electron chi connectivity index (χ3n) is 1.48. The first-order valence-electron chi connectivity index (χ1n) is 3.48. The number of aromatic nitrogens is 2. The summed E-state index contributed by atoms with van der Waals surface area (Å²) in [5.74, 6) is -1.05. The highest BCUT2D eigenvalue weighted by Crippen LogP contribution is 2.07. The Morgan fingerprint density at radius 1 is 1.85 bits per heavy atom. The van der Waals surface area contributed by atoms with Crippen LogP contribution in [0.2, 0.25) is 0 Å². The van der Waals surface area contributed by atoms with Crippen molar-refractivity contribution >= 4 is 12.0 Å². The van der Waals surface area contributed by atoms with Gasteiger partial charge in [0.25, 0.3) is 0 Å². The molecular weight excluding hydrogens is 170 g/mol. The summed E-state index contributed by atoms with van der Waals surface area (Å²) in [6.45, 7) is 0. The van der Waals surface area contributed by atoms with Crippen LogP contribution in [0, 0.1) is 11.3 Å². The molecule has 0 fully saturated rings. The molecular formula is C8H7N3O2. The summed E-state index contributed by atoms with van der Waals surface area (Å²) >= 11 is 0. The van der Waals surface area contributed by atoms with Gasteiger partial charge in [-0.15, -0.1) is 0 Å². The fraction of sp³-hybridized carbons (Fsp3) is 0.125. The molecule has 1 N–H and O–H groups in total. The van der Waals surface area contributed by atoms with Crippen molar-refractivity contribution < 1.29 is 9.90 Å². The van der Waals surface area contributed by atoms with E-state index >= 15 is 0 Å². The molecule has 1 aromatic heterocycles. The molecule has 5 heteroatoms. The minimum atomic E-state index is -1.05. The van der Waals surface area contributed by atoms with Gasteiger partial charge in [-0.3, -0.25) is 4.68 Å². The molecule has 0 spiro atoms. The van der Waals surface area contributed by atoms with Gasteiger partial charge in [-0.2, -0.15) is 10.4 Å². The van der Waals surface area contributed by atoms with Gasteiger partial charge < -0.3 is 5.11 Å². The minimum Gasteiger partial charge on any atom is -0.478 e. The largest absolute Gasteiger partial charge is 0.478 e. The monoisotopic (exact) mass is 177 g/mol. The van der Waals surface area contributed by atoms with Crippen molar-refractivity contribution in [3.63, 3.8) is 0 Å². The topological polar surface area (TPSA) is 78.9 Å². The Labute approximate surface area is 74.5 Å². The number of aliphatic carboxylic acids is 1. The number of rotatable bonds is 2. The fourth-order valence-corrected chi connectivity index (χ4v) is 0.874. The fourth-order valence-electron chi connectivity index (χ4n) is 0.874. The van der Waals surface area contributed by atoms with E-state index in [4.69, 9.17) is 10.4 Å². The summed E-state index contributed by atoms with van der Waals surface area (Å²) in [5, 5.41) is 20.8. The first-order chi connectivity index (χ1) is 6.15. The van der Waals surface area contributed by atoms with Crippen LogP contribution in [-0.4, -0.2) is 20.9 Å². The molecule has 0 aromatic carbocycles. The zero-order chi connectivity index (χ0) is 9.84. The number of aryl methyl sites for hydroxylation is 1. The van der Waals surface area contributed by atoms with Crippen molar-refractivity contribution in [2.75, 3.05) is 0 Å². The van der Waals surface area contributed by atoms with E-state index in [9.17, 15) is 4.79 Å². The molecule has 5 nitrogen and oxygen atoms in total. The lowest BCUT2D eigenvalue weighted by atomic mass is 10.2. The third-order valence-corrected chi connectivity index (χ3v) is 1.48. The molecule has 0 aliphatic rings. The van der Waals surface area contributed by atoms with E-state index in [1.54, 1.807) is 7.05 Å². The molecule has 1 aromatic rings. The van der Waals surface area contributed by atoms with Crippen LogP contribution in [0.1, 0.15) is 11.3 Å². The van der Waals surface area contributed by atoms with Gasteiger partial charge in [-0.1, -0.05) is 0 Å². The van der Waals surface area contributed by atoms with E-state index in [1.807, 2.05) is 6.07 Å². The molecule has 1 rings (SSSR count). The van der Waals surface area contributed by atoms with E-state index < -0.39 is 5.97 Å². The molecule has 0 aliphatic heterocycles. The second-order valence-corrected chi connectivity index (χ2v) is 2.36. The Morgan fingerprint density at radius 3 is 3.08 bits per heavy atom. The second kappa shape index (κ2) is 3.54. The van der Waals surface area contributed by atoms with Crippen LogP contribution >= 0.6 is 0 Å². The average Bonchev–Trinajstić information content (AvgIpc) is 2.42. The normalized spacial score (nSPS) is 10.2. The maximum absolute atomic E-state index is 10.2. The predicted octanol–water partition coefficient (Wildman–Crippen LogP) is 0.390. The lowest BCUT2D eigenvalue weighted by Crippen LogP contribution is -1.94. The lowest BCUT2D eigenvalue weighted by molar-refractivity contribution is -0.131. The zero-order valence-electron chi connectivity index (χ0n) is 6.93. The summed E-state index contributed by atoms with van der Waals surface area (Å²) in [4.78, 5) is 10.2. The Morgan fingerprint density at radius 2 is 2.54 bits per heavy atom. The standard InChI is InChI=1S/C8H7N3O2/c1-11-7(4-9)6(5-10-11)2-3-8(12)13/h2-3,5H,1H3,(H,12,13). The summed E-state index contributed by atoms with van der Waals surface area (Å²) in [5.41, 5.74) is 0.852. The van der Waals surface area contributed by atoms with E-state index in [0.717, 1.165) is 6.08 Å². The summed E-state index contributed by atoms with van der Waals surface area (Å²) in [7, 11) is 1.62. The highest BCUT2D eigenvalue weighted by atomic mass is 16.4. The summed E-state index contributed by atoms with van der Waals surface area (Å²) < 4.78 is 1.39. The van der Waals surface area contributed by atoms with Crippen LogP contribution in [0.3, 0.4) is 0 Å². The van der Waals surface area contributed by atoms with E-state index in [-0.39, 0.29) is 0 Å². The van der Waals surface area contributed by atoms with Crippen molar-refractivity contribution in [2.45, 2.75) is 0 Å². The lowest BCUT2D eigenvalue weighted by Gasteiger charge is -1.89. The van der Waals surface area contributed by atoms with Gasteiger partial charge in [0, 0.05) is 18.7 Å². The molecule has 0 amide bonds. The van der Waals surface area contributed by atoms with Crippen LogP contribution < -0.4 is 0 Å². The molecule has 0 saturated heterocycles. The first-order valence-corrected chi connectivity index (χ1v) is 3.48. The van der Waals surface area contributed by atoms with Gasteiger partial charge in [-0.25, -0.2) is 4.79 Å². The SMILES string of the molecule is Cn1ncc(C=CC(=O)O)c1C#N. The van der Waals surface area contributed by atoms with E-state index in [2.05, 4.69) is 5.10 Å². The molecule has 66 valence electrons. The number of nitrogens with zero attached hydrogens (tertiary/aromatic N) is 3. The number of carboxylic acid groups (broad SMARTS) is 1. The third kappa shape index (κ3) is 1.93. The van der Waals surface area contributed by atoms with Crippen LogP contribution in [0.15, 0.2) is 12.3 Å². The van der Waals surface area contributed by atoms with Crippen LogP contribution in [-0.2, 0) is 11.8 Å². The van der Waals surface area contributed by atoms with Gasteiger partial charge in [0.1, 0.15) is 11.8 Å². The second-order valence-electron chi connectivity index (χ2n) is 2.36. The Balaban J connectivity index is 3.03. The van der Waals surface area contributed by atoms with Crippen LogP contribution in [0.4, 0.5) is 0 Å². The molecule has 0 radical (unpaired) electrons. The average molecular weight is 177 g/mol. The Hall–Kier alpha value is -2.09. The summed E-state index contributed by atoms with van der Waals surface area (Å²) in [6.07, 6.45) is 3.75. The number of hydrogen-bond acceptors (Lipinski definition) is 3. The Kier molecular flexibility index (Phi) is 2.45. The molecule has 0 aliphatic carbocycles. The highest BCUT2D eigenvalue weighted by molar-refractivity contribution is 5.85. The molecule has 0 bridgehead atoms. The Bertz CT molecular complexity index is 398. The van der Waals surface area contributed by atoms with Crippen molar-refractivity contribution in [3.05, 3.63) is 23.5 Å². The predicted molar refractivity (Wildman–Crippen MR) is 44.6 cm³/mol. The zero-order valence-corrected chi connectivity index (χ0v) is 6.93. The molecule has 0 unspecified atom stereocenters. The van der Waals surface area contributed by atoms with Crippen molar-refractivity contribution in [1.29, 1.82) is 5.26 Å². The van der Waals surface area contributed by atoms with Crippen molar-refractivity contribution in [3.8, 4) is 6.07 Å². The van der Waals surface area contributed by atoms with Gasteiger partial charge in [-0.05, 0) is 6.08 Å². The van der Waals surface area contributed by atoms with Gasteiger partial charge in [0.15, 0.2) is 0 Å². The van der Waals surface area contributed by atoms with Crippen LogP contribution in [0.25, 0.3) is 6.08 Å². The smallest absolute Gasteiger partial charge is 0.328 e. The summed E-state index contributed by atoms with van der Waals surface area (Å²) in [6, 6.07) is 1.92. The minimum absolute atomic E-state index is 0.345. The maximum Gasteiger partial charge on any atom is 0.328 e. The maximum atomic E-state index is 10.2. The molecule has 0 saturated carbocycles.